The summed E-state index contributed by atoms with van der Waals surface area (Å²) in [5, 5.41) is 112. The third-order valence-corrected chi connectivity index (χ3v) is 21.4. The van der Waals surface area contributed by atoms with Crippen molar-refractivity contribution in [2.45, 2.75) is 261 Å². The van der Waals surface area contributed by atoms with Gasteiger partial charge in [0.25, 0.3) is 0 Å². The Morgan fingerprint density at radius 2 is 1.34 bits per heavy atom. The van der Waals surface area contributed by atoms with E-state index in [1.807, 2.05) is 20.1 Å². The number of nitrogens with one attached hydrogen (secondary N) is 8. The molecule has 0 aromatic heterocycles. The van der Waals surface area contributed by atoms with E-state index in [0.717, 1.165) is 61.7 Å². The molecule has 622 valence electrons. The van der Waals surface area contributed by atoms with Crippen LogP contribution in [0.25, 0.3) is 0 Å². The SMILES string of the molecule is CC[C@H](C)C[C@H](C)CCCCCCCCC(=O)C[C@H]1C[C@@H](O)[C@@H](OCCNC(=O)CCNC(=O)[C@H](Cc2ccccc2)NC(=O)[C@H](CC(C)C)NC(=O)[C@H](CCSC)NC=O)NC(=O)[C@@H]2[C@@H](O)CCN2C(=O)[C@H]([C@H](O)CCN)NC(=O)[C@H]([C@H](O)[C@@H](O)c2ccc(O)cc2)CC(=O)[C@@H]2C[C@@H](O)CN2C(=O)[C@H]([C@@H](C)O)NC1=O. The monoisotopic (exact) mass is 1580 g/mol. The molecule has 0 saturated carbocycles. The fourth-order valence-electron chi connectivity index (χ4n) is 14.3. The number of nitrogens with two attached hydrogens (primary N) is 1. The highest BCUT2D eigenvalue weighted by atomic mass is 32.2. The third-order valence-electron chi connectivity index (χ3n) is 20.8. The third kappa shape index (κ3) is 30.6. The smallest absolute Gasteiger partial charge is 0.248 e. The Balaban J connectivity index is 1.46. The van der Waals surface area contributed by atoms with Crippen molar-refractivity contribution in [3.63, 3.8) is 0 Å². The average Bonchev–Trinajstić information content (AvgIpc) is 1.73. The van der Waals surface area contributed by atoms with Gasteiger partial charge < -0.3 is 104 Å². The lowest BCUT2D eigenvalue weighted by Crippen LogP contribution is -2.61. The van der Waals surface area contributed by atoms with Gasteiger partial charge in [0.2, 0.25) is 59.6 Å². The molecule has 33 heteroatoms. The fraction of sp³-hybridized carbons (Fsp3) is 0.692. The number of nitrogens with zero attached hydrogens (tertiary/aromatic N) is 2. The summed E-state index contributed by atoms with van der Waals surface area (Å²) >= 11 is 1.47. The quantitative estimate of drug-likeness (QED) is 0.0309. The number of aromatic hydroxyl groups is 1. The molecule has 3 saturated heterocycles. The number of hydrogen-bond acceptors (Lipinski definition) is 23. The molecule has 3 aliphatic heterocycles. The summed E-state index contributed by atoms with van der Waals surface area (Å²) < 4.78 is 6.09. The largest absolute Gasteiger partial charge is 0.508 e. The van der Waals surface area contributed by atoms with Crippen molar-refractivity contribution in [2.24, 2.45) is 35.3 Å². The predicted molar refractivity (Wildman–Crippen MR) is 412 cm³/mol. The van der Waals surface area contributed by atoms with Crippen LogP contribution in [-0.2, 0) is 68.7 Å². The highest BCUT2D eigenvalue weighted by Gasteiger charge is 2.49. The molecule has 0 aliphatic carbocycles. The summed E-state index contributed by atoms with van der Waals surface area (Å²) in [6.45, 7) is 9.07. The number of ketones is 2. The van der Waals surface area contributed by atoms with Crippen LogP contribution in [0.5, 0.6) is 5.75 Å². The van der Waals surface area contributed by atoms with Gasteiger partial charge in [-0.3, -0.25) is 57.5 Å². The van der Waals surface area contributed by atoms with Crippen molar-refractivity contribution in [1.29, 1.82) is 0 Å². The number of benzene rings is 2. The minimum Gasteiger partial charge on any atom is -0.508 e. The minimum absolute atomic E-state index is 0.00123. The van der Waals surface area contributed by atoms with Crippen LogP contribution in [0.3, 0.4) is 0 Å². The van der Waals surface area contributed by atoms with E-state index in [2.05, 4.69) is 63.3 Å². The normalized spacial score (nSPS) is 24.2. The Morgan fingerprint density at radius 1 is 0.694 bits per heavy atom. The van der Waals surface area contributed by atoms with Crippen molar-refractivity contribution < 1.29 is 103 Å². The van der Waals surface area contributed by atoms with Crippen LogP contribution < -0.4 is 48.3 Å². The molecule has 18 N–H and O–H groups in total. The van der Waals surface area contributed by atoms with Gasteiger partial charge in [-0.25, -0.2) is 0 Å². The average molecular weight is 1580 g/mol. The lowest BCUT2D eigenvalue weighted by Gasteiger charge is -2.34. The van der Waals surface area contributed by atoms with Gasteiger partial charge in [0.1, 0.15) is 53.9 Å². The van der Waals surface area contributed by atoms with Crippen LogP contribution in [0.15, 0.2) is 54.6 Å². The van der Waals surface area contributed by atoms with Gasteiger partial charge in [-0.1, -0.05) is 122 Å². The Labute approximate surface area is 654 Å². The van der Waals surface area contributed by atoms with E-state index in [1.54, 1.807) is 30.3 Å². The molecule has 19 atom stereocenters. The van der Waals surface area contributed by atoms with E-state index in [-0.39, 0.29) is 75.4 Å². The molecule has 0 unspecified atom stereocenters. The summed E-state index contributed by atoms with van der Waals surface area (Å²) in [5.41, 5.74) is 6.46. The molecule has 0 bridgehead atoms. The number of ether oxygens (including phenoxy) is 1. The summed E-state index contributed by atoms with van der Waals surface area (Å²) in [7, 11) is 0. The fourth-order valence-corrected chi connectivity index (χ4v) is 14.8. The van der Waals surface area contributed by atoms with E-state index in [1.165, 1.54) is 36.0 Å². The van der Waals surface area contributed by atoms with Crippen LogP contribution in [-0.4, -0.2) is 258 Å². The zero-order valence-electron chi connectivity index (χ0n) is 65.2. The minimum atomic E-state index is -2.24. The molecule has 3 heterocycles. The first-order valence-corrected chi connectivity index (χ1v) is 40.5. The van der Waals surface area contributed by atoms with Gasteiger partial charge in [0.05, 0.1) is 55.2 Å². The molecule has 3 aliphatic rings. The Kier molecular flexibility index (Phi) is 40.9. The summed E-state index contributed by atoms with van der Waals surface area (Å²) in [5.74, 6) is -12.2. The van der Waals surface area contributed by atoms with Gasteiger partial charge in [-0.05, 0) is 111 Å². The number of fused-ring (bicyclic) bond motifs is 2. The van der Waals surface area contributed by atoms with E-state index in [9.17, 15) is 93.6 Å². The molecule has 3 fully saturated rings. The number of hydrogen-bond donors (Lipinski definition) is 17. The second-order valence-corrected chi connectivity index (χ2v) is 31.4. The molecular weight excluding hydrogens is 1460 g/mol. The second kappa shape index (κ2) is 48.4. The van der Waals surface area contributed by atoms with Gasteiger partial charge in [-0.15, -0.1) is 0 Å². The van der Waals surface area contributed by atoms with Gasteiger partial charge in [-0.2, -0.15) is 11.8 Å². The molecule has 5 rings (SSSR count). The zero-order chi connectivity index (χ0) is 82.0. The number of aliphatic hydroxyl groups is 7. The van der Waals surface area contributed by atoms with Crippen molar-refractivity contribution in [3.05, 3.63) is 65.7 Å². The number of aliphatic hydroxyl groups excluding tert-OH is 7. The van der Waals surface area contributed by atoms with Gasteiger partial charge in [0.15, 0.2) is 12.0 Å². The molecular formula is C78H123N11O21S. The molecule has 111 heavy (non-hydrogen) atoms. The summed E-state index contributed by atoms with van der Waals surface area (Å²) in [4.78, 5) is 172. The van der Waals surface area contributed by atoms with E-state index >= 15 is 4.79 Å². The first-order chi connectivity index (χ1) is 52.8. The lowest BCUT2D eigenvalue weighted by atomic mass is 9.86. The van der Waals surface area contributed by atoms with Crippen LogP contribution in [0.4, 0.5) is 0 Å². The number of amides is 10. The Morgan fingerprint density at radius 3 is 1.99 bits per heavy atom. The van der Waals surface area contributed by atoms with Gasteiger partial charge >= 0.3 is 0 Å². The number of unbranched alkanes of at least 4 members (excludes halogenated alkanes) is 5. The molecule has 0 spiro atoms. The number of phenols is 1. The number of thioether (sulfide) groups is 1. The van der Waals surface area contributed by atoms with Gasteiger partial charge in [0, 0.05) is 70.6 Å². The topological polar surface area (TPSA) is 505 Å². The van der Waals surface area contributed by atoms with Crippen molar-refractivity contribution in [1.82, 2.24) is 52.3 Å². The number of Topliss-reactive ketones (excluding diaryl/α,β-unsaturated/α-hetero) is 2. The molecule has 32 nitrogen and oxygen atoms in total. The lowest BCUT2D eigenvalue weighted by molar-refractivity contribution is -0.150. The molecule has 0 radical (unpaired) electrons. The molecule has 2 aromatic rings. The first kappa shape index (κ1) is 93.9. The molecule has 2 aromatic carbocycles. The standard InChI is InChI=1S/C78H123N11O21S/c1-8-46(4)37-47(5)18-14-11-9-10-12-17-21-53(93)39-51-40-63(98)76(110-34-32-80-64(99)27-31-81-72(104)58(38-49-19-15-13-16-20-49)84-74(106)57(36-45(2)3)83-73(105)56(82-44-90)29-35-111-7)87-75(107)67-61(96)28-33-88(67)78(109)66(60(95)26-30-79)86-71(103)55(69(101)68(100)50-22-24-52(92)25-23-50)42-62(97)59-41-54(94)43-89(59)77(108)65(48(6)91)85-70(51)102/h13,15-16,19-20,22-25,44-48,51,54-61,63,65-69,76,91-92,94-96,98,100-101H,8-12,14,17-18,21,26-43,79H2,1-7H3,(H,80,99)(H,81,104)(H,82,90)(H,83,105)(H,84,106)(H,85,102)(H,86,103)(H,87,107)/t46-,47+,48+,51-,54+,55-,56-,57-,58-,59-,60+,61-,63+,65-,66-,67-,68-,69-,76+/m0/s1. The van der Waals surface area contributed by atoms with Crippen LogP contribution in [0.1, 0.15) is 181 Å². The van der Waals surface area contributed by atoms with E-state index in [0.29, 0.717) is 42.4 Å². The Hall–Kier alpha value is -7.73. The highest BCUT2D eigenvalue weighted by Crippen LogP contribution is 2.32. The summed E-state index contributed by atoms with van der Waals surface area (Å²) in [6.07, 6.45) is -7.79. The maximum absolute atomic E-state index is 15.0. The number of carbonyl (C=O) groups excluding carboxylic acids is 12. The van der Waals surface area contributed by atoms with Crippen LogP contribution >= 0.6 is 11.8 Å². The number of rotatable bonds is 42. The number of phenolic OH excluding ortho intramolecular Hbond substituents is 1. The van der Waals surface area contributed by atoms with E-state index in [4.69, 9.17) is 10.5 Å². The number of carbonyl (C=O) groups is 12. The maximum atomic E-state index is 15.0. The highest BCUT2D eigenvalue weighted by molar-refractivity contribution is 7.98. The van der Waals surface area contributed by atoms with Crippen molar-refractivity contribution in [3.8, 4) is 5.75 Å². The van der Waals surface area contributed by atoms with Crippen molar-refractivity contribution in [2.75, 3.05) is 51.3 Å². The zero-order valence-corrected chi connectivity index (χ0v) is 66.0. The molecule has 10 amide bonds. The second-order valence-electron chi connectivity index (χ2n) is 30.4. The predicted octanol–water partition coefficient (Wildman–Crippen LogP) is 0.0862. The van der Waals surface area contributed by atoms with Crippen LogP contribution in [0.2, 0.25) is 0 Å². The van der Waals surface area contributed by atoms with E-state index < -0.39 is 220 Å². The maximum Gasteiger partial charge on any atom is 0.248 e. The van der Waals surface area contributed by atoms with Crippen LogP contribution in [0, 0.1) is 29.6 Å². The Bertz CT molecular complexity index is 3310. The first-order valence-electron chi connectivity index (χ1n) is 39.1. The van der Waals surface area contributed by atoms with Crippen molar-refractivity contribution >= 4 is 82.9 Å². The summed E-state index contributed by atoms with van der Waals surface area (Å²) in [6, 6.07) is 2.72.